The van der Waals surface area contributed by atoms with Gasteiger partial charge >= 0.3 is 5.97 Å². The molecular weight excluding hydrogens is 204 g/mol. The summed E-state index contributed by atoms with van der Waals surface area (Å²) in [6.45, 7) is 5.00. The first-order valence-corrected chi connectivity index (χ1v) is 5.10. The Balaban J connectivity index is 3.12. The third-order valence-corrected chi connectivity index (χ3v) is 2.65. The fourth-order valence-corrected chi connectivity index (χ4v) is 1.51. The van der Waals surface area contributed by atoms with Crippen LogP contribution in [0.5, 0.6) is 0 Å². The van der Waals surface area contributed by atoms with E-state index < -0.39 is 11.4 Å². The highest BCUT2D eigenvalue weighted by atomic mass is 16.5. The fraction of sp³-hybridized carbons (Fsp3) is 0.385. The molecule has 0 spiro atoms. The van der Waals surface area contributed by atoms with Crippen LogP contribution in [-0.2, 0) is 9.53 Å². The van der Waals surface area contributed by atoms with Crippen LogP contribution in [0.1, 0.15) is 29.8 Å². The third kappa shape index (κ3) is 2.13. The van der Waals surface area contributed by atoms with Crippen LogP contribution in [0.4, 0.5) is 0 Å². The Kier molecular flexibility index (Phi) is 3.48. The highest BCUT2D eigenvalue weighted by molar-refractivity contribution is 6.12. The van der Waals surface area contributed by atoms with Crippen molar-refractivity contribution in [2.45, 2.75) is 20.8 Å². The summed E-state index contributed by atoms with van der Waals surface area (Å²) in [5, 5.41) is 0. The average Bonchev–Trinajstić information content (AvgIpc) is 2.27. The third-order valence-electron chi connectivity index (χ3n) is 2.65. The molecule has 3 heteroatoms. The number of carbonyl (C=O) groups excluding carboxylic acids is 2. The van der Waals surface area contributed by atoms with Gasteiger partial charge in [-0.25, -0.2) is 0 Å². The molecule has 86 valence electrons. The summed E-state index contributed by atoms with van der Waals surface area (Å²) in [5.74, 6) is -0.724. The van der Waals surface area contributed by atoms with Gasteiger partial charge in [0.05, 0.1) is 7.11 Å². The topological polar surface area (TPSA) is 43.4 Å². The van der Waals surface area contributed by atoms with Gasteiger partial charge in [-0.1, -0.05) is 24.3 Å². The summed E-state index contributed by atoms with van der Waals surface area (Å²) < 4.78 is 4.64. The summed E-state index contributed by atoms with van der Waals surface area (Å²) in [6, 6.07) is 7.22. The van der Waals surface area contributed by atoms with Gasteiger partial charge in [0.15, 0.2) is 5.78 Å². The van der Waals surface area contributed by atoms with E-state index in [1.165, 1.54) is 7.11 Å². The minimum atomic E-state index is -1.14. The highest BCUT2D eigenvalue weighted by Crippen LogP contribution is 2.25. The number of benzene rings is 1. The molecule has 0 saturated heterocycles. The lowest BCUT2D eigenvalue weighted by atomic mass is 9.83. The molecule has 0 unspecified atom stereocenters. The van der Waals surface area contributed by atoms with Crippen LogP contribution in [0, 0.1) is 12.3 Å². The van der Waals surface area contributed by atoms with Crippen molar-refractivity contribution in [1.82, 2.24) is 0 Å². The molecule has 0 aromatic heterocycles. The summed E-state index contributed by atoms with van der Waals surface area (Å²) in [6.07, 6.45) is 0. The van der Waals surface area contributed by atoms with Gasteiger partial charge < -0.3 is 4.74 Å². The number of carbonyl (C=O) groups is 2. The van der Waals surface area contributed by atoms with Crippen molar-refractivity contribution in [3.63, 3.8) is 0 Å². The minimum absolute atomic E-state index is 0.211. The van der Waals surface area contributed by atoms with Crippen molar-refractivity contribution >= 4 is 11.8 Å². The number of hydrogen-bond acceptors (Lipinski definition) is 3. The average molecular weight is 220 g/mol. The summed E-state index contributed by atoms with van der Waals surface area (Å²) in [5.41, 5.74) is 0.295. The van der Waals surface area contributed by atoms with Gasteiger partial charge in [-0.2, -0.15) is 0 Å². The van der Waals surface area contributed by atoms with Gasteiger partial charge in [0.25, 0.3) is 0 Å². The Labute approximate surface area is 95.4 Å². The van der Waals surface area contributed by atoms with Gasteiger partial charge in [0.2, 0.25) is 0 Å². The van der Waals surface area contributed by atoms with Crippen molar-refractivity contribution in [2.75, 3.05) is 7.11 Å². The lowest BCUT2D eigenvalue weighted by Crippen LogP contribution is -2.34. The van der Waals surface area contributed by atoms with Crippen LogP contribution in [0.15, 0.2) is 24.3 Å². The Morgan fingerprint density at radius 3 is 2.25 bits per heavy atom. The van der Waals surface area contributed by atoms with Crippen molar-refractivity contribution < 1.29 is 14.3 Å². The SMILES string of the molecule is COC(=O)C(C)(C)C(=O)c1ccccc1C. The molecular formula is C13H16O3. The van der Waals surface area contributed by atoms with E-state index in [1.807, 2.05) is 19.1 Å². The number of rotatable bonds is 3. The molecule has 0 aliphatic rings. The van der Waals surface area contributed by atoms with Crippen LogP contribution >= 0.6 is 0 Å². The van der Waals surface area contributed by atoms with Crippen molar-refractivity contribution in [3.05, 3.63) is 35.4 Å². The molecule has 0 heterocycles. The van der Waals surface area contributed by atoms with Crippen molar-refractivity contribution in [1.29, 1.82) is 0 Å². The molecule has 0 saturated carbocycles. The van der Waals surface area contributed by atoms with Crippen LogP contribution < -0.4 is 0 Å². The molecule has 0 N–H and O–H groups in total. The lowest BCUT2D eigenvalue weighted by Gasteiger charge is -2.20. The molecule has 0 bridgehead atoms. The summed E-state index contributed by atoms with van der Waals surface area (Å²) in [4.78, 5) is 23.7. The van der Waals surface area contributed by atoms with E-state index in [0.717, 1.165) is 5.56 Å². The Morgan fingerprint density at radius 1 is 1.19 bits per heavy atom. The van der Waals surface area contributed by atoms with E-state index in [4.69, 9.17) is 0 Å². The standard InChI is InChI=1S/C13H16O3/c1-9-7-5-6-8-10(9)11(14)13(2,3)12(15)16-4/h5-8H,1-4H3. The molecule has 1 rings (SSSR count). The normalized spacial score (nSPS) is 11.0. The van der Waals surface area contributed by atoms with Gasteiger partial charge in [-0.3, -0.25) is 9.59 Å². The Morgan fingerprint density at radius 2 is 1.75 bits per heavy atom. The first-order chi connectivity index (χ1) is 7.41. The molecule has 0 radical (unpaired) electrons. The fourth-order valence-electron chi connectivity index (χ4n) is 1.51. The monoisotopic (exact) mass is 220 g/mol. The van der Waals surface area contributed by atoms with Crippen molar-refractivity contribution in [2.24, 2.45) is 5.41 Å². The second kappa shape index (κ2) is 4.47. The number of esters is 1. The molecule has 1 aromatic carbocycles. The summed E-state index contributed by atoms with van der Waals surface area (Å²) in [7, 11) is 1.29. The number of hydrogen-bond donors (Lipinski definition) is 0. The predicted molar refractivity (Wildman–Crippen MR) is 61.3 cm³/mol. The zero-order valence-corrected chi connectivity index (χ0v) is 10.0. The molecule has 0 atom stereocenters. The van der Waals surface area contributed by atoms with Crippen LogP contribution in [0.25, 0.3) is 0 Å². The van der Waals surface area contributed by atoms with Crippen LogP contribution in [0.2, 0.25) is 0 Å². The maximum absolute atomic E-state index is 12.2. The van der Waals surface area contributed by atoms with E-state index >= 15 is 0 Å². The maximum atomic E-state index is 12.2. The molecule has 0 fully saturated rings. The molecule has 0 aliphatic carbocycles. The molecule has 3 nitrogen and oxygen atoms in total. The maximum Gasteiger partial charge on any atom is 0.319 e. The number of ether oxygens (including phenoxy) is 1. The zero-order chi connectivity index (χ0) is 12.3. The van der Waals surface area contributed by atoms with E-state index in [0.29, 0.717) is 5.56 Å². The van der Waals surface area contributed by atoms with Crippen LogP contribution in [0.3, 0.4) is 0 Å². The van der Waals surface area contributed by atoms with Crippen molar-refractivity contribution in [3.8, 4) is 0 Å². The van der Waals surface area contributed by atoms with E-state index in [2.05, 4.69) is 4.74 Å². The van der Waals surface area contributed by atoms with Gasteiger partial charge in [0, 0.05) is 5.56 Å². The Hall–Kier alpha value is -1.64. The van der Waals surface area contributed by atoms with Gasteiger partial charge in [-0.15, -0.1) is 0 Å². The van der Waals surface area contributed by atoms with E-state index in [-0.39, 0.29) is 5.78 Å². The van der Waals surface area contributed by atoms with E-state index in [1.54, 1.807) is 26.0 Å². The zero-order valence-electron chi connectivity index (χ0n) is 10.0. The lowest BCUT2D eigenvalue weighted by molar-refractivity contribution is -0.147. The Bertz CT molecular complexity index is 419. The first-order valence-electron chi connectivity index (χ1n) is 5.10. The molecule has 0 aliphatic heterocycles. The van der Waals surface area contributed by atoms with Crippen LogP contribution in [-0.4, -0.2) is 18.9 Å². The quantitative estimate of drug-likeness (QED) is 0.446. The smallest absolute Gasteiger partial charge is 0.319 e. The second-order valence-electron chi connectivity index (χ2n) is 4.26. The van der Waals surface area contributed by atoms with Gasteiger partial charge in [0.1, 0.15) is 5.41 Å². The van der Waals surface area contributed by atoms with E-state index in [9.17, 15) is 9.59 Å². The number of ketones is 1. The number of methoxy groups -OCH3 is 1. The largest absolute Gasteiger partial charge is 0.468 e. The molecule has 1 aromatic rings. The predicted octanol–water partition coefficient (Wildman–Crippen LogP) is 2.38. The molecule has 0 amide bonds. The highest BCUT2D eigenvalue weighted by Gasteiger charge is 2.38. The number of aryl methyl sites for hydroxylation is 1. The van der Waals surface area contributed by atoms with Gasteiger partial charge in [-0.05, 0) is 26.3 Å². The molecule has 16 heavy (non-hydrogen) atoms. The number of Topliss-reactive ketones (excluding diaryl/α,β-unsaturated/α-hetero) is 1. The first kappa shape index (κ1) is 12.4. The summed E-state index contributed by atoms with van der Waals surface area (Å²) >= 11 is 0. The minimum Gasteiger partial charge on any atom is -0.468 e. The second-order valence-corrected chi connectivity index (χ2v) is 4.26.